The first kappa shape index (κ1) is 21.1. The summed E-state index contributed by atoms with van der Waals surface area (Å²) in [5.74, 6) is 1.29. The van der Waals surface area contributed by atoms with E-state index in [0.29, 0.717) is 33.4 Å². The Kier molecular flexibility index (Phi) is 5.56. The third-order valence-electron chi connectivity index (χ3n) is 5.67. The van der Waals surface area contributed by atoms with Crippen LogP contribution in [0.5, 0.6) is 17.2 Å². The van der Waals surface area contributed by atoms with Gasteiger partial charge in [-0.2, -0.15) is 5.26 Å². The summed E-state index contributed by atoms with van der Waals surface area (Å²) in [6.45, 7) is 0. The maximum Gasteiger partial charge on any atom is 0.231 e. The van der Waals surface area contributed by atoms with Crippen molar-refractivity contribution in [3.63, 3.8) is 0 Å². The third-order valence-corrected chi connectivity index (χ3v) is 6.90. The van der Waals surface area contributed by atoms with Gasteiger partial charge in [0.2, 0.25) is 5.91 Å². The van der Waals surface area contributed by atoms with Gasteiger partial charge in [-0.15, -0.1) is 11.8 Å². The molecule has 4 rings (SSSR count). The van der Waals surface area contributed by atoms with Gasteiger partial charge < -0.3 is 19.3 Å². The fourth-order valence-electron chi connectivity index (χ4n) is 4.05. The van der Waals surface area contributed by atoms with Crippen LogP contribution in [0.15, 0.2) is 53.1 Å². The van der Waals surface area contributed by atoms with E-state index in [9.17, 15) is 15.2 Å². The second-order valence-corrected chi connectivity index (χ2v) is 8.23. The molecule has 0 spiro atoms. The molecule has 1 saturated heterocycles. The van der Waals surface area contributed by atoms with Crippen LogP contribution in [0, 0.1) is 11.3 Å². The van der Waals surface area contributed by atoms with Crippen LogP contribution in [-0.2, 0) is 10.5 Å². The number of ether oxygens (including phenoxy) is 3. The molecule has 0 radical (unpaired) electrons. The number of methoxy groups -OCH3 is 3. The van der Waals surface area contributed by atoms with Crippen LogP contribution in [-0.4, -0.2) is 43.0 Å². The number of thioether (sulfide) groups is 1. The van der Waals surface area contributed by atoms with Crippen molar-refractivity contribution in [2.24, 2.45) is 0 Å². The Bertz CT molecular complexity index is 1090. The zero-order valence-electron chi connectivity index (χ0n) is 17.4. The number of hydrogen-bond acceptors (Lipinski definition) is 7. The van der Waals surface area contributed by atoms with Gasteiger partial charge >= 0.3 is 0 Å². The molecule has 31 heavy (non-hydrogen) atoms. The van der Waals surface area contributed by atoms with Crippen LogP contribution in [0.3, 0.4) is 0 Å². The van der Waals surface area contributed by atoms with Gasteiger partial charge in [-0.1, -0.05) is 18.2 Å². The predicted molar refractivity (Wildman–Crippen MR) is 116 cm³/mol. The average Bonchev–Trinajstić information content (AvgIpc) is 3.17. The molecule has 1 fully saturated rings. The lowest BCUT2D eigenvalue weighted by Gasteiger charge is -2.38. The number of benzene rings is 2. The van der Waals surface area contributed by atoms with E-state index >= 15 is 0 Å². The molecule has 0 saturated carbocycles. The van der Waals surface area contributed by atoms with Gasteiger partial charge in [0.15, 0.2) is 17.2 Å². The minimum Gasteiger partial charge on any atom is -0.497 e. The van der Waals surface area contributed by atoms with E-state index in [-0.39, 0.29) is 24.0 Å². The first-order chi connectivity index (χ1) is 15.0. The molecular formula is C23H22N2O5S. The number of fused-ring (bicyclic) bond motifs is 1. The van der Waals surface area contributed by atoms with Crippen LogP contribution in [0.25, 0.3) is 0 Å². The molecule has 2 aromatic rings. The molecule has 2 atom stereocenters. The Morgan fingerprint density at radius 3 is 2.42 bits per heavy atom. The Balaban J connectivity index is 1.77. The zero-order chi connectivity index (χ0) is 22.2. The first-order valence-corrected chi connectivity index (χ1v) is 10.6. The highest BCUT2D eigenvalue weighted by Crippen LogP contribution is 2.52. The lowest BCUT2D eigenvalue weighted by Crippen LogP contribution is -2.48. The number of aliphatic hydroxyl groups is 1. The molecule has 160 valence electrons. The van der Waals surface area contributed by atoms with E-state index in [1.165, 1.54) is 30.9 Å². The summed E-state index contributed by atoms with van der Waals surface area (Å²) in [7, 11) is 4.63. The molecule has 8 heteroatoms. The summed E-state index contributed by atoms with van der Waals surface area (Å²) >= 11 is 1.31. The van der Waals surface area contributed by atoms with Crippen molar-refractivity contribution in [1.29, 1.82) is 5.26 Å². The van der Waals surface area contributed by atoms with Crippen molar-refractivity contribution in [3.8, 4) is 23.3 Å². The number of nitriles is 1. The highest BCUT2D eigenvalue weighted by Gasteiger charge is 2.52. The largest absolute Gasteiger partial charge is 0.497 e. The smallest absolute Gasteiger partial charge is 0.231 e. The minimum absolute atomic E-state index is 0.0921. The van der Waals surface area contributed by atoms with Gasteiger partial charge in [-0.3, -0.25) is 9.69 Å². The molecule has 2 aliphatic heterocycles. The van der Waals surface area contributed by atoms with Crippen molar-refractivity contribution in [1.82, 2.24) is 4.90 Å². The van der Waals surface area contributed by atoms with E-state index in [0.717, 1.165) is 5.56 Å². The number of carbonyl (C=O) groups excluding carboxylic acids is 1. The summed E-state index contributed by atoms with van der Waals surface area (Å²) in [6.07, 6.45) is 0.0921. The lowest BCUT2D eigenvalue weighted by atomic mass is 9.85. The van der Waals surface area contributed by atoms with Crippen molar-refractivity contribution in [2.45, 2.75) is 18.1 Å². The van der Waals surface area contributed by atoms with Crippen LogP contribution in [0.1, 0.15) is 23.5 Å². The van der Waals surface area contributed by atoms with E-state index in [2.05, 4.69) is 6.07 Å². The predicted octanol–water partition coefficient (Wildman–Crippen LogP) is 3.36. The quantitative estimate of drug-likeness (QED) is 0.765. The van der Waals surface area contributed by atoms with E-state index in [4.69, 9.17) is 14.2 Å². The Morgan fingerprint density at radius 1 is 1.10 bits per heavy atom. The fourth-order valence-corrected chi connectivity index (χ4v) is 5.40. The number of rotatable bonds is 5. The number of carbonyl (C=O) groups is 1. The van der Waals surface area contributed by atoms with E-state index < -0.39 is 5.72 Å². The number of nitrogens with zero attached hydrogens (tertiary/aromatic N) is 2. The summed E-state index contributed by atoms with van der Waals surface area (Å²) in [5, 5.41) is 22.0. The number of allylic oxidation sites excluding steroid dienone is 1. The van der Waals surface area contributed by atoms with Crippen molar-refractivity contribution in [2.75, 3.05) is 27.1 Å². The van der Waals surface area contributed by atoms with Crippen LogP contribution in [0.2, 0.25) is 0 Å². The SMILES string of the molecule is COc1ccc(C2CC(=O)N3C(=C2C#N)SCC3(O)c2ccc(OC)c(OC)c2)cc1. The summed E-state index contributed by atoms with van der Waals surface area (Å²) in [4.78, 5) is 14.6. The second kappa shape index (κ2) is 8.17. The molecule has 2 aliphatic rings. The Labute approximate surface area is 184 Å². The van der Waals surface area contributed by atoms with Crippen LogP contribution in [0.4, 0.5) is 0 Å². The summed E-state index contributed by atoms with van der Waals surface area (Å²) < 4.78 is 15.8. The monoisotopic (exact) mass is 438 g/mol. The second-order valence-electron chi connectivity index (χ2n) is 7.26. The topological polar surface area (TPSA) is 92.0 Å². The third kappa shape index (κ3) is 3.40. The van der Waals surface area contributed by atoms with Gasteiger partial charge in [-0.25, -0.2) is 0 Å². The minimum atomic E-state index is -1.58. The van der Waals surface area contributed by atoms with E-state index in [1.54, 1.807) is 25.3 Å². The molecule has 2 heterocycles. The fraction of sp³-hybridized carbons (Fsp3) is 0.304. The molecular weight excluding hydrogens is 416 g/mol. The molecule has 0 aliphatic carbocycles. The standard InChI is InChI=1S/C23H22N2O5S/c1-28-16-7-4-14(5-8-16)17-11-21(26)25-22(18(17)12-24)31-13-23(25,27)15-6-9-19(29-2)20(10-15)30-3/h4-10,17,27H,11,13H2,1-3H3. The molecule has 2 unspecified atom stereocenters. The Hall–Kier alpha value is -3.15. The molecule has 0 aromatic heterocycles. The normalized spacial score (nSPS) is 22.7. The van der Waals surface area contributed by atoms with Crippen LogP contribution >= 0.6 is 11.8 Å². The Morgan fingerprint density at radius 2 is 1.81 bits per heavy atom. The molecule has 2 aromatic carbocycles. The molecule has 1 amide bonds. The molecule has 1 N–H and O–H groups in total. The van der Waals surface area contributed by atoms with E-state index in [1.807, 2.05) is 24.3 Å². The first-order valence-electron chi connectivity index (χ1n) is 9.65. The summed E-state index contributed by atoms with van der Waals surface area (Å²) in [6, 6.07) is 14.7. The average molecular weight is 439 g/mol. The maximum atomic E-state index is 13.2. The van der Waals surface area contributed by atoms with Gasteiger partial charge in [0.1, 0.15) is 5.75 Å². The van der Waals surface area contributed by atoms with Crippen molar-refractivity contribution < 1.29 is 24.1 Å². The van der Waals surface area contributed by atoms with Crippen molar-refractivity contribution in [3.05, 3.63) is 64.2 Å². The maximum absolute atomic E-state index is 13.2. The lowest BCUT2D eigenvalue weighted by molar-refractivity contribution is -0.149. The van der Waals surface area contributed by atoms with Crippen LogP contribution < -0.4 is 14.2 Å². The molecule has 7 nitrogen and oxygen atoms in total. The van der Waals surface area contributed by atoms with Gasteiger partial charge in [0.05, 0.1) is 43.8 Å². The van der Waals surface area contributed by atoms with Gasteiger partial charge in [-0.05, 0) is 29.8 Å². The zero-order valence-corrected chi connectivity index (χ0v) is 18.2. The highest BCUT2D eigenvalue weighted by atomic mass is 32.2. The number of hydrogen-bond donors (Lipinski definition) is 1. The highest BCUT2D eigenvalue weighted by molar-refractivity contribution is 8.03. The summed E-state index contributed by atoms with van der Waals surface area (Å²) in [5.41, 5.74) is 0.260. The number of amides is 1. The molecule has 0 bridgehead atoms. The van der Waals surface area contributed by atoms with Gasteiger partial charge in [0, 0.05) is 17.9 Å². The van der Waals surface area contributed by atoms with Crippen molar-refractivity contribution >= 4 is 17.7 Å². The van der Waals surface area contributed by atoms with Gasteiger partial charge in [0.25, 0.3) is 0 Å².